The normalized spacial score (nSPS) is 14.5. The Bertz CT molecular complexity index is 1910. The molecule has 1 atom stereocenters. The molecule has 246 valence electrons. The summed E-state index contributed by atoms with van der Waals surface area (Å²) in [4.78, 5) is 55.1. The number of ether oxygens (including phenoxy) is 3. The van der Waals surface area contributed by atoms with Gasteiger partial charge in [-0.25, -0.2) is 4.90 Å². The number of carbonyl (C=O) groups excluding carboxylic acids is 4. The standard InChI is InChI=1S/C37H35N3O7S/c1-22-14-16-27(18-23(22)2)40-32(41)21-31(37(40)44)48-28-13-9-12-26(20-28)38-36(43)29(39-35(42)24-10-7-6-8-11-24)19-25-15-17-30(45-3)34(47-5)33(25)46-4/h6-20,31H,21H2,1-5H3,(H,38,43)(H,39,42). The van der Waals surface area contributed by atoms with Crippen LogP contribution in [0.2, 0.25) is 0 Å². The highest BCUT2D eigenvalue weighted by molar-refractivity contribution is 8.00. The lowest BCUT2D eigenvalue weighted by atomic mass is 10.1. The number of hydrogen-bond donors (Lipinski definition) is 2. The van der Waals surface area contributed by atoms with Gasteiger partial charge in [-0.2, -0.15) is 0 Å². The van der Waals surface area contributed by atoms with Crippen LogP contribution in [-0.4, -0.2) is 50.2 Å². The van der Waals surface area contributed by atoms with Gasteiger partial charge in [0.25, 0.3) is 11.8 Å². The van der Waals surface area contributed by atoms with E-state index in [2.05, 4.69) is 10.6 Å². The summed E-state index contributed by atoms with van der Waals surface area (Å²) in [6.45, 7) is 3.91. The van der Waals surface area contributed by atoms with E-state index < -0.39 is 17.1 Å². The lowest BCUT2D eigenvalue weighted by Crippen LogP contribution is -2.31. The van der Waals surface area contributed by atoms with Crippen molar-refractivity contribution in [3.8, 4) is 17.2 Å². The van der Waals surface area contributed by atoms with Crippen LogP contribution in [0.25, 0.3) is 6.08 Å². The van der Waals surface area contributed by atoms with E-state index in [0.717, 1.165) is 11.1 Å². The van der Waals surface area contributed by atoms with Gasteiger partial charge in [0.1, 0.15) is 5.70 Å². The molecule has 1 fully saturated rings. The molecular weight excluding hydrogens is 630 g/mol. The molecule has 11 heteroatoms. The van der Waals surface area contributed by atoms with E-state index in [1.807, 2.05) is 26.0 Å². The van der Waals surface area contributed by atoms with E-state index in [4.69, 9.17) is 14.2 Å². The number of methoxy groups -OCH3 is 3. The maximum absolute atomic E-state index is 13.8. The second-order valence-corrected chi connectivity index (χ2v) is 12.2. The van der Waals surface area contributed by atoms with Crippen LogP contribution in [0.4, 0.5) is 11.4 Å². The van der Waals surface area contributed by atoms with E-state index in [-0.39, 0.29) is 23.9 Å². The van der Waals surface area contributed by atoms with Crippen LogP contribution in [0.15, 0.2) is 95.5 Å². The van der Waals surface area contributed by atoms with Crippen molar-refractivity contribution in [2.24, 2.45) is 0 Å². The average Bonchev–Trinajstić information content (AvgIpc) is 3.37. The van der Waals surface area contributed by atoms with Crippen molar-refractivity contribution in [1.82, 2.24) is 5.32 Å². The first kappa shape index (κ1) is 33.8. The Morgan fingerprint density at radius 3 is 2.27 bits per heavy atom. The Labute approximate surface area is 283 Å². The Kier molecular flexibility index (Phi) is 10.5. The number of aryl methyl sites for hydroxylation is 2. The van der Waals surface area contributed by atoms with Gasteiger partial charge < -0.3 is 24.8 Å². The summed E-state index contributed by atoms with van der Waals surface area (Å²) < 4.78 is 16.5. The molecule has 1 aliphatic heterocycles. The smallest absolute Gasteiger partial charge is 0.272 e. The monoisotopic (exact) mass is 665 g/mol. The topological polar surface area (TPSA) is 123 Å². The number of hydrogen-bond acceptors (Lipinski definition) is 8. The maximum atomic E-state index is 13.8. The van der Waals surface area contributed by atoms with Crippen LogP contribution < -0.4 is 29.7 Å². The zero-order valence-corrected chi connectivity index (χ0v) is 28.0. The summed E-state index contributed by atoms with van der Waals surface area (Å²) in [5.41, 5.74) is 3.80. The predicted molar refractivity (Wildman–Crippen MR) is 186 cm³/mol. The molecule has 0 spiro atoms. The SMILES string of the molecule is COc1ccc(C=C(NC(=O)c2ccccc2)C(=O)Nc2cccc(SC3CC(=O)N(c4ccc(C)c(C)c4)C3=O)c2)c(OC)c1OC. The minimum atomic E-state index is -0.622. The van der Waals surface area contributed by atoms with Gasteiger partial charge in [0.05, 0.1) is 32.3 Å². The van der Waals surface area contributed by atoms with Gasteiger partial charge in [0.2, 0.25) is 17.6 Å². The first-order valence-electron chi connectivity index (χ1n) is 15.0. The van der Waals surface area contributed by atoms with E-state index in [0.29, 0.717) is 44.6 Å². The van der Waals surface area contributed by atoms with E-state index in [9.17, 15) is 19.2 Å². The second-order valence-electron chi connectivity index (χ2n) is 10.9. The van der Waals surface area contributed by atoms with Crippen LogP contribution >= 0.6 is 11.8 Å². The first-order valence-corrected chi connectivity index (χ1v) is 15.9. The Balaban J connectivity index is 1.39. The summed E-state index contributed by atoms with van der Waals surface area (Å²) in [6, 6.07) is 24.3. The molecule has 0 aromatic heterocycles. The fraction of sp³-hybridized carbons (Fsp3) is 0.189. The minimum Gasteiger partial charge on any atom is -0.493 e. The van der Waals surface area contributed by atoms with Gasteiger partial charge in [-0.15, -0.1) is 11.8 Å². The summed E-state index contributed by atoms with van der Waals surface area (Å²) in [7, 11) is 4.43. The molecule has 4 amide bonds. The molecule has 1 unspecified atom stereocenters. The predicted octanol–water partition coefficient (Wildman–Crippen LogP) is 6.16. The van der Waals surface area contributed by atoms with Gasteiger partial charge in [-0.3, -0.25) is 19.2 Å². The number of thioether (sulfide) groups is 1. The molecule has 5 rings (SSSR count). The molecule has 1 saturated heterocycles. The molecule has 0 bridgehead atoms. The lowest BCUT2D eigenvalue weighted by Gasteiger charge is -2.17. The first-order chi connectivity index (χ1) is 23.1. The molecule has 0 radical (unpaired) electrons. The zero-order valence-electron chi connectivity index (χ0n) is 27.2. The highest BCUT2D eigenvalue weighted by Gasteiger charge is 2.40. The second kappa shape index (κ2) is 14.9. The number of benzene rings is 4. The van der Waals surface area contributed by atoms with Crippen molar-refractivity contribution < 1.29 is 33.4 Å². The van der Waals surface area contributed by atoms with Gasteiger partial charge in [-0.1, -0.05) is 30.3 Å². The van der Waals surface area contributed by atoms with E-state index in [1.54, 1.807) is 72.8 Å². The van der Waals surface area contributed by atoms with Crippen LogP contribution in [0, 0.1) is 13.8 Å². The molecule has 4 aromatic carbocycles. The molecule has 48 heavy (non-hydrogen) atoms. The highest BCUT2D eigenvalue weighted by atomic mass is 32.2. The third-order valence-electron chi connectivity index (χ3n) is 7.79. The van der Waals surface area contributed by atoms with Crippen molar-refractivity contribution >= 4 is 52.8 Å². The third-order valence-corrected chi connectivity index (χ3v) is 8.97. The van der Waals surface area contributed by atoms with Crippen LogP contribution in [0.5, 0.6) is 17.2 Å². The number of carbonyl (C=O) groups is 4. The van der Waals surface area contributed by atoms with Gasteiger partial charge in [0, 0.05) is 28.1 Å². The maximum Gasteiger partial charge on any atom is 0.272 e. The van der Waals surface area contributed by atoms with Crippen molar-refractivity contribution in [2.75, 3.05) is 31.5 Å². The number of imide groups is 1. The highest BCUT2D eigenvalue weighted by Crippen LogP contribution is 2.41. The van der Waals surface area contributed by atoms with Gasteiger partial charge in [0.15, 0.2) is 11.5 Å². The number of rotatable bonds is 11. The number of nitrogens with zero attached hydrogens (tertiary/aromatic N) is 1. The molecule has 2 N–H and O–H groups in total. The molecular formula is C37H35N3O7S. The number of nitrogens with one attached hydrogen (secondary N) is 2. The Morgan fingerprint density at radius 1 is 0.833 bits per heavy atom. The minimum absolute atomic E-state index is 0.0541. The summed E-state index contributed by atoms with van der Waals surface area (Å²) in [6.07, 6.45) is 1.54. The quantitative estimate of drug-likeness (QED) is 0.144. The van der Waals surface area contributed by atoms with Crippen molar-refractivity contribution in [1.29, 1.82) is 0 Å². The fourth-order valence-corrected chi connectivity index (χ4v) is 6.29. The number of amides is 4. The summed E-state index contributed by atoms with van der Waals surface area (Å²) in [5.74, 6) is -0.589. The van der Waals surface area contributed by atoms with Crippen molar-refractivity contribution in [3.05, 3.63) is 113 Å². The van der Waals surface area contributed by atoms with E-state index in [1.165, 1.54) is 44.1 Å². The van der Waals surface area contributed by atoms with Crippen LogP contribution in [0.1, 0.15) is 33.5 Å². The average molecular weight is 666 g/mol. The largest absolute Gasteiger partial charge is 0.493 e. The Hall–Kier alpha value is -5.55. The molecule has 0 aliphatic carbocycles. The zero-order chi connectivity index (χ0) is 34.4. The summed E-state index contributed by atoms with van der Waals surface area (Å²) in [5, 5.41) is 4.94. The molecule has 0 saturated carbocycles. The third kappa shape index (κ3) is 7.37. The van der Waals surface area contributed by atoms with Crippen LogP contribution in [-0.2, 0) is 14.4 Å². The molecule has 1 heterocycles. The van der Waals surface area contributed by atoms with Gasteiger partial charge in [-0.05, 0) is 85.6 Å². The van der Waals surface area contributed by atoms with Crippen molar-refractivity contribution in [3.63, 3.8) is 0 Å². The van der Waals surface area contributed by atoms with E-state index >= 15 is 0 Å². The van der Waals surface area contributed by atoms with Crippen LogP contribution in [0.3, 0.4) is 0 Å². The lowest BCUT2D eigenvalue weighted by molar-refractivity contribution is -0.121. The molecule has 10 nitrogen and oxygen atoms in total. The fourth-order valence-electron chi connectivity index (χ4n) is 5.18. The molecule has 1 aliphatic rings. The van der Waals surface area contributed by atoms with Crippen molar-refractivity contribution in [2.45, 2.75) is 30.4 Å². The van der Waals surface area contributed by atoms with Gasteiger partial charge >= 0.3 is 0 Å². The summed E-state index contributed by atoms with van der Waals surface area (Å²) >= 11 is 1.25. The molecule has 4 aromatic rings. The number of anilines is 2. The Morgan fingerprint density at radius 2 is 1.58 bits per heavy atom.